The van der Waals surface area contributed by atoms with E-state index >= 15 is 0 Å². The second kappa shape index (κ2) is 10.0. The van der Waals surface area contributed by atoms with Crippen molar-refractivity contribution in [2.75, 3.05) is 0 Å². The number of hydrogen-bond acceptors (Lipinski definition) is 1. The quantitative estimate of drug-likeness (QED) is 0.402. The SMILES string of the molecule is C=CC1CCCCC1(Cc1ccccc1)OC1(Cc2ccccc2)CCCCC1C=C. The van der Waals surface area contributed by atoms with Crippen molar-refractivity contribution in [1.82, 2.24) is 0 Å². The van der Waals surface area contributed by atoms with E-state index in [9.17, 15) is 0 Å². The van der Waals surface area contributed by atoms with Gasteiger partial charge >= 0.3 is 0 Å². The molecule has 2 aliphatic carbocycles. The Morgan fingerprint density at radius 3 is 1.48 bits per heavy atom. The zero-order valence-corrected chi connectivity index (χ0v) is 19.0. The summed E-state index contributed by atoms with van der Waals surface area (Å²) in [5.74, 6) is 0.781. The summed E-state index contributed by atoms with van der Waals surface area (Å²) in [5, 5.41) is 0. The second-order valence-corrected chi connectivity index (χ2v) is 9.73. The van der Waals surface area contributed by atoms with Crippen LogP contribution < -0.4 is 0 Å². The Balaban J connectivity index is 1.74. The molecule has 2 fully saturated rings. The standard InChI is InChI=1S/C30H38O/c1-3-27-19-11-13-21-29(27,23-25-15-7-5-8-16-25)31-30(22-14-12-20-28(30)4-2)24-26-17-9-6-10-18-26/h3-10,15-18,27-28H,1-2,11-14,19-24H2. The maximum absolute atomic E-state index is 7.58. The van der Waals surface area contributed by atoms with E-state index in [1.807, 2.05) is 0 Å². The Morgan fingerprint density at radius 2 is 1.10 bits per heavy atom. The highest BCUT2D eigenvalue weighted by Gasteiger charge is 2.50. The van der Waals surface area contributed by atoms with E-state index in [1.54, 1.807) is 0 Å². The molecule has 4 unspecified atom stereocenters. The average molecular weight is 415 g/mol. The number of hydrogen-bond donors (Lipinski definition) is 0. The Hall–Kier alpha value is -2.12. The van der Waals surface area contributed by atoms with Gasteiger partial charge in [-0.15, -0.1) is 13.2 Å². The van der Waals surface area contributed by atoms with Crippen LogP contribution in [0.2, 0.25) is 0 Å². The summed E-state index contributed by atoms with van der Waals surface area (Å²) in [6, 6.07) is 21.9. The van der Waals surface area contributed by atoms with Gasteiger partial charge in [-0.1, -0.05) is 98.5 Å². The Bertz CT molecular complexity index is 770. The van der Waals surface area contributed by atoms with Crippen LogP contribution in [-0.4, -0.2) is 11.2 Å². The van der Waals surface area contributed by atoms with Crippen LogP contribution in [0.25, 0.3) is 0 Å². The van der Waals surface area contributed by atoms with Crippen LogP contribution in [0.3, 0.4) is 0 Å². The molecule has 0 amide bonds. The van der Waals surface area contributed by atoms with E-state index in [0.29, 0.717) is 11.8 Å². The summed E-state index contributed by atoms with van der Waals surface area (Å²) in [5.41, 5.74) is 2.37. The fraction of sp³-hybridized carbons (Fsp3) is 0.467. The molecule has 4 rings (SSSR count). The third-order valence-corrected chi connectivity index (χ3v) is 7.75. The van der Waals surface area contributed by atoms with Crippen LogP contribution >= 0.6 is 0 Å². The van der Waals surface area contributed by atoms with Gasteiger partial charge in [-0.3, -0.25) is 0 Å². The molecule has 164 valence electrons. The zero-order valence-electron chi connectivity index (χ0n) is 19.0. The van der Waals surface area contributed by atoms with Crippen LogP contribution in [0.1, 0.15) is 62.5 Å². The van der Waals surface area contributed by atoms with Gasteiger partial charge in [0, 0.05) is 24.7 Å². The molecule has 2 aromatic carbocycles. The van der Waals surface area contributed by atoms with E-state index in [2.05, 4.69) is 86.0 Å². The van der Waals surface area contributed by atoms with Crippen molar-refractivity contribution in [3.8, 4) is 0 Å². The average Bonchev–Trinajstić information content (AvgIpc) is 2.81. The Morgan fingerprint density at radius 1 is 0.677 bits per heavy atom. The summed E-state index contributed by atoms with van der Waals surface area (Å²) < 4.78 is 7.58. The molecule has 0 radical (unpaired) electrons. The zero-order chi connectivity index (χ0) is 21.6. The number of rotatable bonds is 8. The van der Waals surface area contributed by atoms with Gasteiger partial charge < -0.3 is 4.74 Å². The number of benzene rings is 2. The molecular weight excluding hydrogens is 376 g/mol. The van der Waals surface area contributed by atoms with Crippen LogP contribution in [0.5, 0.6) is 0 Å². The molecule has 0 saturated heterocycles. The first kappa shape index (κ1) is 22.1. The minimum atomic E-state index is -0.186. The van der Waals surface area contributed by atoms with Crippen molar-refractivity contribution in [3.05, 3.63) is 97.1 Å². The lowest BCUT2D eigenvalue weighted by Crippen LogP contribution is -2.56. The minimum absolute atomic E-state index is 0.186. The molecule has 31 heavy (non-hydrogen) atoms. The van der Waals surface area contributed by atoms with Gasteiger partial charge in [0.05, 0.1) is 11.2 Å². The Kier molecular flexibility index (Phi) is 7.13. The van der Waals surface area contributed by atoms with Crippen LogP contribution in [0.15, 0.2) is 86.0 Å². The lowest BCUT2D eigenvalue weighted by molar-refractivity contribution is -0.212. The van der Waals surface area contributed by atoms with Crippen LogP contribution in [0.4, 0.5) is 0 Å². The van der Waals surface area contributed by atoms with E-state index in [4.69, 9.17) is 4.74 Å². The summed E-state index contributed by atoms with van der Waals surface area (Å²) in [6.45, 7) is 8.52. The van der Waals surface area contributed by atoms with Crippen LogP contribution in [-0.2, 0) is 17.6 Å². The van der Waals surface area contributed by atoms with Crippen molar-refractivity contribution in [2.45, 2.75) is 75.4 Å². The lowest BCUT2D eigenvalue weighted by Gasteiger charge is -2.53. The van der Waals surface area contributed by atoms with Crippen molar-refractivity contribution in [1.29, 1.82) is 0 Å². The van der Waals surface area contributed by atoms with Crippen molar-refractivity contribution >= 4 is 0 Å². The van der Waals surface area contributed by atoms with E-state index < -0.39 is 0 Å². The summed E-state index contributed by atoms with van der Waals surface area (Å²) in [6.07, 6.45) is 15.9. The second-order valence-electron chi connectivity index (χ2n) is 9.73. The van der Waals surface area contributed by atoms with Gasteiger partial charge in [-0.25, -0.2) is 0 Å². The predicted octanol–water partition coefficient (Wildman–Crippen LogP) is 7.72. The maximum Gasteiger partial charge on any atom is 0.0792 e. The van der Waals surface area contributed by atoms with Gasteiger partial charge in [-0.05, 0) is 36.8 Å². The monoisotopic (exact) mass is 414 g/mol. The summed E-state index contributed by atoms with van der Waals surface area (Å²) in [4.78, 5) is 0. The normalized spacial score (nSPS) is 31.1. The topological polar surface area (TPSA) is 9.23 Å². The summed E-state index contributed by atoms with van der Waals surface area (Å²) >= 11 is 0. The molecule has 1 nitrogen and oxygen atoms in total. The van der Waals surface area contributed by atoms with Crippen molar-refractivity contribution < 1.29 is 4.74 Å². The van der Waals surface area contributed by atoms with Crippen molar-refractivity contribution in [3.63, 3.8) is 0 Å². The van der Waals surface area contributed by atoms with E-state index in [-0.39, 0.29) is 11.2 Å². The smallest absolute Gasteiger partial charge is 0.0792 e. The van der Waals surface area contributed by atoms with E-state index in [1.165, 1.54) is 49.7 Å². The molecule has 0 bridgehead atoms. The minimum Gasteiger partial charge on any atom is -0.367 e. The van der Waals surface area contributed by atoms with Crippen molar-refractivity contribution in [2.24, 2.45) is 11.8 Å². The first-order valence-electron chi connectivity index (χ1n) is 12.2. The van der Waals surface area contributed by atoms with Gasteiger partial charge in [-0.2, -0.15) is 0 Å². The van der Waals surface area contributed by atoms with Gasteiger partial charge in [0.25, 0.3) is 0 Å². The highest BCUT2D eigenvalue weighted by Crippen LogP contribution is 2.49. The fourth-order valence-corrected chi connectivity index (χ4v) is 6.19. The third-order valence-electron chi connectivity index (χ3n) is 7.75. The van der Waals surface area contributed by atoms with Gasteiger partial charge in [0.1, 0.15) is 0 Å². The molecule has 0 aromatic heterocycles. The van der Waals surface area contributed by atoms with Crippen LogP contribution in [0, 0.1) is 11.8 Å². The van der Waals surface area contributed by atoms with Gasteiger partial charge in [0.15, 0.2) is 0 Å². The molecule has 2 aromatic rings. The molecule has 2 saturated carbocycles. The number of ether oxygens (including phenoxy) is 1. The Labute approximate surface area is 189 Å². The predicted molar refractivity (Wildman–Crippen MR) is 131 cm³/mol. The first-order valence-corrected chi connectivity index (χ1v) is 12.2. The third kappa shape index (κ3) is 4.88. The molecule has 1 heteroatoms. The largest absolute Gasteiger partial charge is 0.367 e. The molecule has 0 spiro atoms. The molecular formula is C30H38O. The molecule has 0 heterocycles. The summed E-state index contributed by atoms with van der Waals surface area (Å²) in [7, 11) is 0. The highest BCUT2D eigenvalue weighted by atomic mass is 16.5. The fourth-order valence-electron chi connectivity index (χ4n) is 6.19. The molecule has 0 N–H and O–H groups in total. The molecule has 2 aliphatic rings. The van der Waals surface area contributed by atoms with E-state index in [0.717, 1.165) is 25.7 Å². The molecule has 0 aliphatic heterocycles. The first-order chi connectivity index (χ1) is 15.2. The lowest BCUT2D eigenvalue weighted by atomic mass is 9.68. The van der Waals surface area contributed by atoms with Gasteiger partial charge in [0.2, 0.25) is 0 Å². The highest BCUT2D eigenvalue weighted by molar-refractivity contribution is 5.22. The maximum atomic E-state index is 7.58. The molecule has 4 atom stereocenters.